The number of amides is 10. The number of likely N-dealkylation sites (tertiary alicyclic amines) is 1. The molecule has 4 saturated heterocycles. The fourth-order valence-electron chi connectivity index (χ4n) is 16.0. The van der Waals surface area contributed by atoms with Gasteiger partial charge >= 0.3 is 18.3 Å². The standard InChI is InChI=1S/C90H160N10O32S2/c1-60(104)96-74-80(116)77(113)67(56-101)130-83(74)124-48-25-32-64(107)30-15-9-8-10-21-44-94-87(120)128-51-28-39-90(99-72(111)37-53-133-134-89(4,5)41-36-65(108)31-16-17-35-73(112)100-55-66(123-7)54-63(100)59-122-6,40-29-52-129-88(121)95-46-23-14-12-20-43-92-71(110)34-27-50-126-85-76(98-62(3)106)82(118)79(115)69(58-103)132-85)38-18-24-47-127-86(119)93-45-22-13-11-19-42-91-70(109)33-26-49-125-84-75(97-61(2)105)81(117)78(114)68(57-102)131-84/h63,66-69,74-85,101-103,113-118H,8-59H2,1-7H3,(H,91,109)(H,92,110)(H,93,119)(H,94,120)(H,95,121)(H,96,104)(H,97,105)(H,98,106)(H,99,111)/t63-,66+,67?,68?,69?,74?,75?,76?,77?,78?,79?,80?,81?,82?,83?,84?,85?,90?/m1/s1. The zero-order chi connectivity index (χ0) is 98.6. The lowest BCUT2D eigenvalue weighted by atomic mass is 9.83. The van der Waals surface area contributed by atoms with Crippen LogP contribution in [0.1, 0.15) is 259 Å². The van der Waals surface area contributed by atoms with Gasteiger partial charge in [-0.15, -0.1) is 0 Å². The van der Waals surface area contributed by atoms with E-state index in [0.717, 1.165) is 44.9 Å². The Kier molecular flexibility index (Phi) is 62.0. The fourth-order valence-corrected chi connectivity index (χ4v) is 18.6. The summed E-state index contributed by atoms with van der Waals surface area (Å²) >= 11 is 0. The van der Waals surface area contributed by atoms with Gasteiger partial charge in [-0.05, 0) is 142 Å². The number of hydrogen-bond donors (Lipinski definition) is 18. The van der Waals surface area contributed by atoms with Crippen LogP contribution >= 0.6 is 21.6 Å². The van der Waals surface area contributed by atoms with Crippen molar-refractivity contribution in [2.24, 2.45) is 0 Å². The molecule has 0 aromatic carbocycles. The van der Waals surface area contributed by atoms with E-state index in [0.29, 0.717) is 193 Å². The molecular weight excluding hydrogens is 1800 g/mol. The Morgan fingerprint density at radius 2 is 0.761 bits per heavy atom. The minimum absolute atomic E-state index is 0.00429. The first-order valence-corrected chi connectivity index (χ1v) is 50.3. The highest BCUT2D eigenvalue weighted by atomic mass is 33.1. The third-order valence-electron chi connectivity index (χ3n) is 23.5. The molecule has 18 N–H and O–H groups in total. The SMILES string of the molecule is COC[C@H]1C[C@H](OC)CN1C(=O)CCCCC(=O)CCC(C)(C)SSCCC(=O)NC(CCCCOC(=O)NCCCCCCNC(=O)CCCOC1OC(CO)C(O)C(O)C1NC(C)=O)(CCCOC(=O)NCCCCCCCC(=O)CCCOC1OC(CO)C(O)C(O)C1NC(C)=O)CCCOC(=O)NCCCCCCNC(=O)CCCOC1OC(CO)C(O)C(O)C1NC(C)=O. The second-order valence-corrected chi connectivity index (χ2v) is 38.5. The summed E-state index contributed by atoms with van der Waals surface area (Å²) < 4.78 is 61.3. The second kappa shape index (κ2) is 69.3. The lowest BCUT2D eigenvalue weighted by molar-refractivity contribution is -0.270. The van der Waals surface area contributed by atoms with Crippen molar-refractivity contribution in [1.29, 1.82) is 0 Å². The van der Waals surface area contributed by atoms with Crippen molar-refractivity contribution in [1.82, 2.24) is 52.8 Å². The van der Waals surface area contributed by atoms with Gasteiger partial charge in [0, 0.05) is 142 Å². The molecule has 44 heteroatoms. The van der Waals surface area contributed by atoms with Crippen molar-refractivity contribution in [2.45, 2.75) is 374 Å². The molecular formula is C90H160N10O32S2. The van der Waals surface area contributed by atoms with Gasteiger partial charge in [0.2, 0.25) is 41.4 Å². The molecule has 0 radical (unpaired) electrons. The summed E-state index contributed by atoms with van der Waals surface area (Å²) in [5.41, 5.74) is -0.920. The maximum Gasteiger partial charge on any atom is 0.407 e. The van der Waals surface area contributed by atoms with E-state index in [4.69, 9.17) is 52.1 Å². The van der Waals surface area contributed by atoms with Crippen LogP contribution in [0, 0.1) is 0 Å². The number of methoxy groups -OCH3 is 2. The molecule has 4 heterocycles. The average molecular weight is 1960 g/mol. The first kappa shape index (κ1) is 120. The quantitative estimate of drug-likeness (QED) is 0.0236. The molecule has 0 bridgehead atoms. The predicted octanol–water partition coefficient (Wildman–Crippen LogP) is 2.96. The summed E-state index contributed by atoms with van der Waals surface area (Å²) in [5, 5.41) is 116. The Hall–Kier alpha value is -6.54. The molecule has 134 heavy (non-hydrogen) atoms. The molecule has 4 aliphatic rings. The van der Waals surface area contributed by atoms with E-state index in [2.05, 4.69) is 61.7 Å². The maximum atomic E-state index is 14.3. The van der Waals surface area contributed by atoms with Crippen molar-refractivity contribution in [3.8, 4) is 0 Å². The number of carbonyl (C=O) groups excluding carboxylic acids is 12. The Balaban J connectivity index is 1.30. The predicted molar refractivity (Wildman–Crippen MR) is 493 cm³/mol. The van der Waals surface area contributed by atoms with Crippen molar-refractivity contribution in [2.75, 3.05) is 125 Å². The topological polar surface area (TPSA) is 600 Å². The summed E-state index contributed by atoms with van der Waals surface area (Å²) in [4.78, 5) is 155. The lowest BCUT2D eigenvalue weighted by Crippen LogP contribution is -2.64. The van der Waals surface area contributed by atoms with Crippen molar-refractivity contribution >= 4 is 92.8 Å². The summed E-state index contributed by atoms with van der Waals surface area (Å²) in [6, 6.07) is -3.32. The molecule has 18 atom stereocenters. The number of alkyl carbamates (subject to hydrolysis) is 3. The van der Waals surface area contributed by atoms with Gasteiger partial charge in [-0.2, -0.15) is 0 Å². The molecule has 4 fully saturated rings. The van der Waals surface area contributed by atoms with Crippen molar-refractivity contribution in [3.05, 3.63) is 0 Å². The molecule has 0 aromatic rings. The van der Waals surface area contributed by atoms with Crippen LogP contribution in [0.5, 0.6) is 0 Å². The van der Waals surface area contributed by atoms with Crippen molar-refractivity contribution in [3.63, 3.8) is 0 Å². The van der Waals surface area contributed by atoms with Gasteiger partial charge < -0.3 is 151 Å². The maximum absolute atomic E-state index is 14.3. The number of Topliss-reactive ketones (excluding diaryl/α,β-unsaturated/α-hetero) is 2. The second-order valence-electron chi connectivity index (χ2n) is 35.4. The number of ether oxygens (including phenoxy) is 11. The largest absolute Gasteiger partial charge is 0.450 e. The molecule has 10 amide bonds. The Morgan fingerprint density at radius 1 is 0.396 bits per heavy atom. The molecule has 0 spiro atoms. The molecule has 4 aliphatic heterocycles. The van der Waals surface area contributed by atoms with E-state index >= 15 is 0 Å². The number of ketones is 2. The molecule has 774 valence electrons. The van der Waals surface area contributed by atoms with Gasteiger partial charge in [0.05, 0.1) is 78.2 Å². The van der Waals surface area contributed by atoms with Crippen LogP contribution in [0.4, 0.5) is 14.4 Å². The summed E-state index contributed by atoms with van der Waals surface area (Å²) in [6.45, 7) is 8.99. The van der Waals surface area contributed by atoms with Crippen LogP contribution in [0.25, 0.3) is 0 Å². The van der Waals surface area contributed by atoms with Gasteiger partial charge in [-0.3, -0.25) is 43.2 Å². The normalized spacial score (nSPS) is 23.9. The first-order valence-electron chi connectivity index (χ1n) is 47.9. The van der Waals surface area contributed by atoms with Gasteiger partial charge in [-0.25, -0.2) is 14.4 Å². The molecule has 0 aliphatic carbocycles. The number of nitrogens with one attached hydrogen (secondary N) is 9. The molecule has 16 unspecified atom stereocenters. The van der Waals surface area contributed by atoms with E-state index in [-0.39, 0.29) is 130 Å². The smallest absolute Gasteiger partial charge is 0.407 e. The number of unbranched alkanes of at least 4 members (excludes halogenated alkanes) is 12. The van der Waals surface area contributed by atoms with Crippen LogP contribution in [-0.4, -0.2) is 362 Å². The summed E-state index contributed by atoms with van der Waals surface area (Å²) in [6.07, 6.45) is -0.185. The third-order valence-corrected chi connectivity index (χ3v) is 26.9. The molecule has 0 saturated carbocycles. The summed E-state index contributed by atoms with van der Waals surface area (Å²) in [7, 11) is 6.36. The van der Waals surface area contributed by atoms with Crippen LogP contribution in [0.3, 0.4) is 0 Å². The van der Waals surface area contributed by atoms with Gasteiger partial charge in [-0.1, -0.05) is 66.5 Å². The van der Waals surface area contributed by atoms with Gasteiger partial charge in [0.15, 0.2) is 18.9 Å². The highest BCUT2D eigenvalue weighted by Gasteiger charge is 2.49. The van der Waals surface area contributed by atoms with Gasteiger partial charge in [0.25, 0.3) is 0 Å². The van der Waals surface area contributed by atoms with E-state index < -0.39 is 153 Å². The van der Waals surface area contributed by atoms with Crippen LogP contribution in [-0.2, 0) is 95.3 Å². The third kappa shape index (κ3) is 49.8. The van der Waals surface area contributed by atoms with E-state index in [1.165, 1.54) is 31.6 Å². The van der Waals surface area contributed by atoms with E-state index in [1.807, 2.05) is 4.90 Å². The number of aliphatic hydroxyl groups is 9. The van der Waals surface area contributed by atoms with Crippen LogP contribution < -0.4 is 47.9 Å². The number of rotatable bonds is 73. The van der Waals surface area contributed by atoms with Crippen LogP contribution in [0.2, 0.25) is 0 Å². The van der Waals surface area contributed by atoms with Crippen LogP contribution in [0.15, 0.2) is 0 Å². The zero-order valence-corrected chi connectivity index (χ0v) is 81.4. The van der Waals surface area contributed by atoms with E-state index in [1.54, 1.807) is 25.0 Å². The Morgan fingerprint density at radius 3 is 1.17 bits per heavy atom. The Bertz CT molecular complexity index is 3280. The number of aliphatic hydroxyl groups excluding tert-OH is 9. The first-order chi connectivity index (χ1) is 64.2. The highest BCUT2D eigenvalue weighted by Crippen LogP contribution is 2.40. The number of hydrogen-bond acceptors (Lipinski definition) is 34. The average Bonchev–Trinajstić information content (AvgIpc) is 0.956. The number of nitrogens with zero attached hydrogens (tertiary/aromatic N) is 1. The zero-order valence-electron chi connectivity index (χ0n) is 79.8. The summed E-state index contributed by atoms with van der Waals surface area (Å²) in [5.74, 6) is -1.52. The van der Waals surface area contributed by atoms with E-state index in [9.17, 15) is 103 Å². The monoisotopic (exact) mass is 1960 g/mol. The fraction of sp³-hybridized carbons (Fsp3) is 0.867. The molecule has 42 nitrogen and oxygen atoms in total. The number of carbonyl (C=O) groups is 12. The van der Waals surface area contributed by atoms with Crippen molar-refractivity contribution < 1.29 is 156 Å². The Labute approximate surface area is 796 Å². The molecule has 0 aromatic heterocycles. The molecule has 4 rings (SSSR count). The lowest BCUT2D eigenvalue weighted by Gasteiger charge is -2.42. The minimum atomic E-state index is -1.46. The minimum Gasteiger partial charge on any atom is -0.450 e. The van der Waals surface area contributed by atoms with Gasteiger partial charge in [0.1, 0.15) is 84.6 Å². The highest BCUT2D eigenvalue weighted by molar-refractivity contribution is 8.77.